The first-order valence-electron chi connectivity index (χ1n) is 8.35. The Morgan fingerprint density at radius 1 is 0.885 bits per heavy atom. The van der Waals surface area contributed by atoms with Crippen molar-refractivity contribution in [2.45, 2.75) is 32.6 Å². The lowest BCUT2D eigenvalue weighted by molar-refractivity contribution is -0.269. The van der Waals surface area contributed by atoms with Gasteiger partial charge in [0.15, 0.2) is 5.78 Å². The lowest BCUT2D eigenvalue weighted by Gasteiger charge is -2.30. The Morgan fingerprint density at radius 2 is 1.54 bits per heavy atom. The van der Waals surface area contributed by atoms with E-state index >= 15 is 0 Å². The molecule has 1 atom stereocenters. The Kier molecular flexibility index (Phi) is 4.28. The zero-order chi connectivity index (χ0) is 19.2. The Balaban J connectivity index is 2.10. The topological polar surface area (TPSA) is 121 Å². The minimum atomic E-state index is -1.06. The quantitative estimate of drug-likeness (QED) is 0.669. The second-order valence-corrected chi connectivity index (χ2v) is 6.28. The molecule has 4 N–H and O–H groups in total. The number of benzene rings is 2. The molecule has 0 spiro atoms. The Morgan fingerprint density at radius 3 is 2.12 bits per heavy atom. The highest BCUT2D eigenvalue weighted by Crippen LogP contribution is 2.48. The molecule has 0 aromatic heterocycles. The molecule has 6 nitrogen and oxygen atoms in total. The average molecular weight is 355 g/mol. The second-order valence-electron chi connectivity index (χ2n) is 6.28. The number of rotatable bonds is 4. The van der Waals surface area contributed by atoms with Gasteiger partial charge in [0.1, 0.15) is 28.9 Å². The number of carbonyl (C=O) groups excluding carboxylic acids is 1. The van der Waals surface area contributed by atoms with E-state index in [1.807, 2.05) is 6.92 Å². The number of aliphatic hydroxyl groups excluding tert-OH is 1. The molecule has 0 radical (unpaired) electrons. The van der Waals surface area contributed by atoms with Crippen LogP contribution >= 0.6 is 0 Å². The molecular weight excluding hydrogens is 336 g/mol. The third-order valence-corrected chi connectivity index (χ3v) is 4.79. The number of carbonyl (C=O) groups is 1. The van der Waals surface area contributed by atoms with E-state index in [9.17, 15) is 30.3 Å². The number of phenolic OH excluding ortho intramolecular Hbond substituents is 3. The van der Waals surface area contributed by atoms with Crippen LogP contribution in [0.1, 0.15) is 42.0 Å². The van der Waals surface area contributed by atoms with Gasteiger partial charge in [-0.15, -0.1) is 5.75 Å². The summed E-state index contributed by atoms with van der Waals surface area (Å²) in [5.74, 6) is -2.90. The number of hydrogen-bond donors (Lipinski definition) is 4. The predicted octanol–water partition coefficient (Wildman–Crippen LogP) is 2.64. The molecule has 2 aromatic rings. The van der Waals surface area contributed by atoms with Crippen LogP contribution in [0, 0.1) is 0 Å². The van der Waals surface area contributed by atoms with Crippen LogP contribution in [0.3, 0.4) is 0 Å². The van der Waals surface area contributed by atoms with E-state index in [2.05, 4.69) is 0 Å². The maximum absolute atomic E-state index is 12.7. The summed E-state index contributed by atoms with van der Waals surface area (Å²) in [6.07, 6.45) is 0.916. The number of aryl methyl sites for hydroxylation is 2. The summed E-state index contributed by atoms with van der Waals surface area (Å²) in [7, 11) is 0. The summed E-state index contributed by atoms with van der Waals surface area (Å²) in [6.45, 7) is 3.59. The van der Waals surface area contributed by atoms with Crippen LogP contribution < -0.4 is 5.11 Å². The van der Waals surface area contributed by atoms with Crippen molar-refractivity contribution >= 4 is 11.4 Å². The summed E-state index contributed by atoms with van der Waals surface area (Å²) in [6, 6.07) is 5.07. The predicted molar refractivity (Wildman–Crippen MR) is 93.4 cm³/mol. The molecule has 26 heavy (non-hydrogen) atoms. The highest BCUT2D eigenvalue weighted by Gasteiger charge is 2.43. The van der Waals surface area contributed by atoms with Crippen molar-refractivity contribution < 1.29 is 30.3 Å². The third kappa shape index (κ3) is 2.54. The number of allylic oxidation sites excluding steroid dienone is 2. The van der Waals surface area contributed by atoms with Gasteiger partial charge in [-0.1, -0.05) is 19.4 Å². The van der Waals surface area contributed by atoms with Crippen LogP contribution in [0.5, 0.6) is 23.0 Å². The van der Waals surface area contributed by atoms with Gasteiger partial charge in [0.05, 0.1) is 5.57 Å². The molecule has 2 aromatic carbocycles. The van der Waals surface area contributed by atoms with E-state index in [0.717, 1.165) is 12.1 Å². The van der Waals surface area contributed by atoms with Crippen LogP contribution in [0.4, 0.5) is 0 Å². The first kappa shape index (κ1) is 17.7. The Labute approximate surface area is 150 Å². The van der Waals surface area contributed by atoms with Crippen molar-refractivity contribution in [3.63, 3.8) is 0 Å². The van der Waals surface area contributed by atoms with Gasteiger partial charge in [0, 0.05) is 17.2 Å². The molecule has 0 aliphatic heterocycles. The maximum Gasteiger partial charge on any atom is 0.182 e. The summed E-state index contributed by atoms with van der Waals surface area (Å²) in [4.78, 5) is 12.7. The highest BCUT2D eigenvalue weighted by molar-refractivity contribution is 6.32. The Bertz CT molecular complexity index is 942. The van der Waals surface area contributed by atoms with E-state index in [1.54, 1.807) is 6.92 Å². The molecule has 0 heterocycles. The number of hydrogen-bond acceptors (Lipinski definition) is 6. The van der Waals surface area contributed by atoms with Gasteiger partial charge >= 0.3 is 0 Å². The van der Waals surface area contributed by atoms with Crippen molar-refractivity contribution in [2.75, 3.05) is 0 Å². The number of aliphatic hydroxyl groups is 1. The lowest BCUT2D eigenvalue weighted by Crippen LogP contribution is -2.28. The molecule has 6 heteroatoms. The monoisotopic (exact) mass is 355 g/mol. The van der Waals surface area contributed by atoms with Crippen LogP contribution in [0.15, 0.2) is 30.0 Å². The number of aromatic hydroxyl groups is 3. The van der Waals surface area contributed by atoms with Crippen molar-refractivity contribution in [3.8, 4) is 23.0 Å². The second kappa shape index (κ2) is 6.29. The zero-order valence-corrected chi connectivity index (χ0v) is 14.4. The highest BCUT2D eigenvalue weighted by atomic mass is 16.3. The van der Waals surface area contributed by atoms with E-state index < -0.39 is 11.7 Å². The SMILES string of the molecule is CCc1cc(C2=C(O)C(c3cc(CC)c(O)cc3O)C2=O)c(O)cc1[O-]. The third-order valence-electron chi connectivity index (χ3n) is 4.79. The fourth-order valence-electron chi connectivity index (χ4n) is 3.27. The Hall–Kier alpha value is -3.15. The lowest BCUT2D eigenvalue weighted by atomic mass is 9.74. The van der Waals surface area contributed by atoms with Crippen molar-refractivity contribution in [1.29, 1.82) is 0 Å². The van der Waals surface area contributed by atoms with E-state index in [4.69, 9.17) is 0 Å². The molecule has 1 aliphatic carbocycles. The van der Waals surface area contributed by atoms with Gasteiger partial charge in [0.25, 0.3) is 0 Å². The number of phenols is 3. The normalized spacial score (nSPS) is 16.7. The molecule has 0 fully saturated rings. The van der Waals surface area contributed by atoms with E-state index in [0.29, 0.717) is 24.0 Å². The van der Waals surface area contributed by atoms with Gasteiger partial charge < -0.3 is 25.5 Å². The van der Waals surface area contributed by atoms with Crippen molar-refractivity contribution in [3.05, 3.63) is 52.3 Å². The molecule has 0 saturated carbocycles. The van der Waals surface area contributed by atoms with Crippen molar-refractivity contribution in [1.82, 2.24) is 0 Å². The van der Waals surface area contributed by atoms with Crippen LogP contribution in [-0.2, 0) is 17.6 Å². The van der Waals surface area contributed by atoms with Crippen molar-refractivity contribution in [2.24, 2.45) is 0 Å². The molecule has 1 aliphatic rings. The minimum absolute atomic E-state index is 0.0623. The smallest absolute Gasteiger partial charge is 0.182 e. The first-order valence-corrected chi connectivity index (χ1v) is 8.35. The van der Waals surface area contributed by atoms with Crippen LogP contribution in [-0.4, -0.2) is 26.2 Å². The van der Waals surface area contributed by atoms with Crippen LogP contribution in [0.25, 0.3) is 5.57 Å². The molecule has 136 valence electrons. The largest absolute Gasteiger partial charge is 0.872 e. The van der Waals surface area contributed by atoms with Gasteiger partial charge in [0.2, 0.25) is 0 Å². The zero-order valence-electron chi connectivity index (χ0n) is 14.4. The van der Waals surface area contributed by atoms with E-state index in [-0.39, 0.29) is 45.5 Å². The van der Waals surface area contributed by atoms with Gasteiger partial charge in [-0.3, -0.25) is 4.79 Å². The standard InChI is InChI=1S/C20H20O6/c1-3-9-5-11(15(23)7-13(9)21)17-19(25)18(20(17)26)12-6-10(4-2)14(22)8-16(12)24/h5-8,17,21-25H,3-4H2,1-2H3/p-1. The number of ketones is 1. The average Bonchev–Trinajstić information content (AvgIpc) is 2.59. The number of Topliss-reactive ketones (excluding diaryl/α,β-unsaturated/α-hetero) is 1. The molecule has 3 rings (SSSR count). The molecule has 0 bridgehead atoms. The fourth-order valence-corrected chi connectivity index (χ4v) is 3.27. The van der Waals surface area contributed by atoms with E-state index in [1.165, 1.54) is 12.1 Å². The summed E-state index contributed by atoms with van der Waals surface area (Å²) >= 11 is 0. The summed E-state index contributed by atoms with van der Waals surface area (Å²) in [5, 5.41) is 52.1. The summed E-state index contributed by atoms with van der Waals surface area (Å²) < 4.78 is 0. The first-order chi connectivity index (χ1) is 12.3. The van der Waals surface area contributed by atoms with Gasteiger partial charge in [-0.2, -0.15) is 0 Å². The van der Waals surface area contributed by atoms with Gasteiger partial charge in [-0.05, 0) is 36.6 Å². The minimum Gasteiger partial charge on any atom is -0.872 e. The van der Waals surface area contributed by atoms with Crippen LogP contribution in [0.2, 0.25) is 0 Å². The maximum atomic E-state index is 12.7. The fraction of sp³-hybridized carbons (Fsp3) is 0.250. The molecule has 0 amide bonds. The van der Waals surface area contributed by atoms with Gasteiger partial charge in [-0.25, -0.2) is 0 Å². The molecule has 0 saturated heterocycles. The molecular formula is C20H19O6-. The molecule has 1 unspecified atom stereocenters. The summed E-state index contributed by atoms with van der Waals surface area (Å²) in [5.41, 5.74) is 1.21.